The van der Waals surface area contributed by atoms with Gasteiger partial charge in [-0.1, -0.05) is 30.3 Å². The SMILES string of the molecule is C=Nc1ccccc1-c1ncnn2ccc(C(C(=O)O)c3ccc(O)cc3)c12. The first-order chi connectivity index (χ1) is 13.6. The van der Waals surface area contributed by atoms with Crippen molar-refractivity contribution in [2.45, 2.75) is 5.92 Å². The zero-order valence-electron chi connectivity index (χ0n) is 14.7. The van der Waals surface area contributed by atoms with Crippen molar-refractivity contribution in [1.29, 1.82) is 0 Å². The van der Waals surface area contributed by atoms with Crippen LogP contribution in [0.15, 0.2) is 72.1 Å². The maximum absolute atomic E-state index is 12.2. The second kappa shape index (κ2) is 6.96. The summed E-state index contributed by atoms with van der Waals surface area (Å²) in [4.78, 5) is 20.6. The van der Waals surface area contributed by atoms with Gasteiger partial charge in [0.05, 0.1) is 11.2 Å². The van der Waals surface area contributed by atoms with Crippen molar-refractivity contribution in [3.8, 4) is 17.0 Å². The lowest BCUT2D eigenvalue weighted by molar-refractivity contribution is -0.137. The highest BCUT2D eigenvalue weighted by Gasteiger charge is 2.27. The zero-order chi connectivity index (χ0) is 19.7. The molecule has 0 saturated heterocycles. The number of aliphatic imine (C=N–C) groups is 1. The van der Waals surface area contributed by atoms with E-state index in [0.717, 1.165) is 5.56 Å². The second-order valence-corrected chi connectivity index (χ2v) is 6.21. The number of hydrogen-bond donors (Lipinski definition) is 2. The Morgan fingerprint density at radius 3 is 2.57 bits per heavy atom. The van der Waals surface area contributed by atoms with Crippen LogP contribution in [0.25, 0.3) is 16.8 Å². The first-order valence-corrected chi connectivity index (χ1v) is 8.50. The van der Waals surface area contributed by atoms with E-state index in [4.69, 9.17) is 0 Å². The molecular formula is C21H16N4O3. The maximum atomic E-state index is 12.2. The number of carbonyl (C=O) groups is 1. The molecule has 4 aromatic rings. The number of aromatic nitrogens is 3. The molecular weight excluding hydrogens is 356 g/mol. The first-order valence-electron chi connectivity index (χ1n) is 8.50. The van der Waals surface area contributed by atoms with E-state index in [1.54, 1.807) is 28.9 Å². The number of rotatable bonds is 5. The number of benzene rings is 2. The average molecular weight is 372 g/mol. The number of aliphatic carboxylic acids is 1. The molecule has 0 saturated carbocycles. The Labute approximate surface area is 160 Å². The summed E-state index contributed by atoms with van der Waals surface area (Å²) < 4.78 is 1.61. The van der Waals surface area contributed by atoms with Gasteiger partial charge in [-0.25, -0.2) is 9.50 Å². The minimum Gasteiger partial charge on any atom is -0.508 e. The molecule has 2 aromatic carbocycles. The minimum absolute atomic E-state index is 0.0737. The monoisotopic (exact) mass is 372 g/mol. The van der Waals surface area contributed by atoms with Gasteiger partial charge in [0.25, 0.3) is 0 Å². The molecule has 138 valence electrons. The highest BCUT2D eigenvalue weighted by molar-refractivity contribution is 5.91. The fourth-order valence-corrected chi connectivity index (χ4v) is 3.34. The van der Waals surface area contributed by atoms with Gasteiger partial charge in [-0.15, -0.1) is 0 Å². The van der Waals surface area contributed by atoms with Gasteiger partial charge in [-0.2, -0.15) is 5.10 Å². The van der Waals surface area contributed by atoms with Gasteiger partial charge in [0.2, 0.25) is 0 Å². The van der Waals surface area contributed by atoms with E-state index in [9.17, 15) is 15.0 Å². The van der Waals surface area contributed by atoms with Crippen LogP contribution in [0.4, 0.5) is 5.69 Å². The number of phenolic OH excluding ortho intramolecular Hbond substituents is 1. The summed E-state index contributed by atoms with van der Waals surface area (Å²) in [7, 11) is 0. The first kappa shape index (κ1) is 17.4. The van der Waals surface area contributed by atoms with Gasteiger partial charge in [-0.3, -0.25) is 9.79 Å². The van der Waals surface area contributed by atoms with Crippen LogP contribution < -0.4 is 0 Å². The highest BCUT2D eigenvalue weighted by atomic mass is 16.4. The predicted octanol–water partition coefficient (Wildman–Crippen LogP) is 3.65. The van der Waals surface area contributed by atoms with Crippen molar-refractivity contribution in [3.63, 3.8) is 0 Å². The summed E-state index contributed by atoms with van der Waals surface area (Å²) in [6, 6.07) is 15.2. The summed E-state index contributed by atoms with van der Waals surface area (Å²) in [5.41, 5.74) is 3.63. The average Bonchev–Trinajstić information content (AvgIpc) is 3.13. The second-order valence-electron chi connectivity index (χ2n) is 6.21. The van der Waals surface area contributed by atoms with Crippen molar-refractivity contribution in [2.75, 3.05) is 0 Å². The molecule has 2 heterocycles. The fourth-order valence-electron chi connectivity index (χ4n) is 3.34. The molecule has 1 unspecified atom stereocenters. The zero-order valence-corrected chi connectivity index (χ0v) is 14.7. The van der Waals surface area contributed by atoms with Crippen LogP contribution in [0.3, 0.4) is 0 Å². The molecule has 0 bridgehead atoms. The summed E-state index contributed by atoms with van der Waals surface area (Å²) >= 11 is 0. The molecule has 0 spiro atoms. The third kappa shape index (κ3) is 2.88. The van der Waals surface area contributed by atoms with Gasteiger partial charge < -0.3 is 10.2 Å². The molecule has 0 radical (unpaired) electrons. The Kier molecular flexibility index (Phi) is 4.33. The van der Waals surface area contributed by atoms with Gasteiger partial charge >= 0.3 is 5.97 Å². The lowest BCUT2D eigenvalue weighted by atomic mass is 9.91. The van der Waals surface area contributed by atoms with Gasteiger partial charge in [-0.05, 0) is 36.5 Å². The number of hydrogen-bond acceptors (Lipinski definition) is 5. The molecule has 28 heavy (non-hydrogen) atoms. The van der Waals surface area contributed by atoms with Crippen molar-refractivity contribution < 1.29 is 15.0 Å². The summed E-state index contributed by atoms with van der Waals surface area (Å²) in [5, 5.41) is 23.7. The van der Waals surface area contributed by atoms with Crippen LogP contribution in [0.1, 0.15) is 17.0 Å². The summed E-state index contributed by atoms with van der Waals surface area (Å²) in [6.07, 6.45) is 3.12. The van der Waals surface area contributed by atoms with Crippen LogP contribution in [0.2, 0.25) is 0 Å². The predicted molar refractivity (Wildman–Crippen MR) is 105 cm³/mol. The molecule has 0 fully saturated rings. The van der Waals surface area contributed by atoms with Crippen LogP contribution in [0.5, 0.6) is 5.75 Å². The molecule has 0 aliphatic rings. The van der Waals surface area contributed by atoms with Crippen molar-refractivity contribution >= 4 is 23.9 Å². The number of fused-ring (bicyclic) bond motifs is 1. The number of nitrogens with zero attached hydrogens (tertiary/aromatic N) is 4. The largest absolute Gasteiger partial charge is 0.508 e. The smallest absolute Gasteiger partial charge is 0.315 e. The van der Waals surface area contributed by atoms with E-state index in [0.29, 0.717) is 28.0 Å². The molecule has 4 rings (SSSR count). The fraction of sp³-hybridized carbons (Fsp3) is 0.0476. The van der Waals surface area contributed by atoms with Gasteiger partial charge in [0.15, 0.2) is 0 Å². The minimum atomic E-state index is -1.01. The molecule has 2 aromatic heterocycles. The number of aromatic hydroxyl groups is 1. The number of carboxylic acids is 1. The van der Waals surface area contributed by atoms with E-state index < -0.39 is 11.9 Å². The Morgan fingerprint density at radius 2 is 1.86 bits per heavy atom. The Morgan fingerprint density at radius 1 is 1.11 bits per heavy atom. The molecule has 0 amide bonds. The van der Waals surface area contributed by atoms with E-state index in [1.807, 2.05) is 24.3 Å². The Hall–Kier alpha value is -4.00. The standard InChI is InChI=1S/C21H16N4O3/c1-22-17-5-3-2-4-15(17)19-20-16(10-11-25(20)24-12-23-19)18(21(27)28)13-6-8-14(26)9-7-13/h2-12,18,26H,1H2,(H,27,28). The number of carboxylic acid groups (broad SMARTS) is 1. The number of para-hydroxylation sites is 1. The normalized spacial score (nSPS) is 12.0. The topological polar surface area (TPSA) is 100 Å². The van der Waals surface area contributed by atoms with E-state index in [2.05, 4.69) is 21.8 Å². The van der Waals surface area contributed by atoms with Gasteiger partial charge in [0.1, 0.15) is 23.7 Å². The lowest BCUT2D eigenvalue weighted by Gasteiger charge is -2.14. The third-order valence-corrected chi connectivity index (χ3v) is 4.60. The Bertz CT molecular complexity index is 1180. The molecule has 0 aliphatic heterocycles. The van der Waals surface area contributed by atoms with Crippen LogP contribution in [0, 0.1) is 0 Å². The summed E-state index contributed by atoms with van der Waals surface area (Å²) in [6.45, 7) is 3.61. The quantitative estimate of drug-likeness (QED) is 0.521. The van der Waals surface area contributed by atoms with Crippen LogP contribution >= 0.6 is 0 Å². The molecule has 2 N–H and O–H groups in total. The van der Waals surface area contributed by atoms with E-state index in [1.165, 1.54) is 18.5 Å². The molecule has 0 aliphatic carbocycles. The molecule has 7 heteroatoms. The van der Waals surface area contributed by atoms with Crippen LogP contribution in [-0.4, -0.2) is 37.5 Å². The maximum Gasteiger partial charge on any atom is 0.315 e. The van der Waals surface area contributed by atoms with Crippen molar-refractivity contribution in [1.82, 2.24) is 14.6 Å². The summed E-state index contributed by atoms with van der Waals surface area (Å²) in [5.74, 6) is -1.88. The van der Waals surface area contributed by atoms with Gasteiger partial charge in [0, 0.05) is 17.3 Å². The molecule has 1 atom stereocenters. The van der Waals surface area contributed by atoms with Crippen LogP contribution in [-0.2, 0) is 4.79 Å². The third-order valence-electron chi connectivity index (χ3n) is 4.60. The van der Waals surface area contributed by atoms with Crippen molar-refractivity contribution in [3.05, 3.63) is 78.2 Å². The van der Waals surface area contributed by atoms with E-state index >= 15 is 0 Å². The highest BCUT2D eigenvalue weighted by Crippen LogP contribution is 2.36. The molecule has 7 nitrogen and oxygen atoms in total. The van der Waals surface area contributed by atoms with E-state index in [-0.39, 0.29) is 5.75 Å². The lowest BCUT2D eigenvalue weighted by Crippen LogP contribution is -2.13. The number of phenols is 1. The Balaban J connectivity index is 1.99. The van der Waals surface area contributed by atoms with Crippen molar-refractivity contribution in [2.24, 2.45) is 4.99 Å².